The number of aryl methyl sites for hydroxylation is 1. The Morgan fingerprint density at radius 3 is 2.67 bits per heavy atom. The highest BCUT2D eigenvalue weighted by Gasteiger charge is 1.95. The molecule has 15 heavy (non-hydrogen) atoms. The van der Waals surface area contributed by atoms with Crippen LogP contribution in [0.3, 0.4) is 0 Å². The van der Waals surface area contributed by atoms with E-state index in [2.05, 4.69) is 17.5 Å². The van der Waals surface area contributed by atoms with Crippen LogP contribution >= 0.6 is 11.8 Å². The molecule has 2 nitrogen and oxygen atoms in total. The monoisotopic (exact) mass is 221 g/mol. The van der Waals surface area contributed by atoms with Gasteiger partial charge in [0.25, 0.3) is 0 Å². The molecule has 0 fully saturated rings. The quantitative estimate of drug-likeness (QED) is 0.546. The number of hydrogen-bond donors (Lipinski definition) is 0. The molecule has 0 aliphatic heterocycles. The van der Waals surface area contributed by atoms with E-state index in [-0.39, 0.29) is 0 Å². The van der Waals surface area contributed by atoms with Crippen molar-refractivity contribution in [2.45, 2.75) is 19.8 Å². The predicted octanol–water partition coefficient (Wildman–Crippen LogP) is 3.23. The van der Waals surface area contributed by atoms with Gasteiger partial charge in [-0.1, -0.05) is 12.1 Å². The van der Waals surface area contributed by atoms with Crippen LogP contribution < -0.4 is 4.74 Å². The third kappa shape index (κ3) is 4.75. The van der Waals surface area contributed by atoms with Crippen molar-refractivity contribution in [2.75, 3.05) is 12.4 Å². The molecule has 0 aromatic heterocycles. The van der Waals surface area contributed by atoms with E-state index in [1.807, 2.05) is 19.1 Å². The summed E-state index contributed by atoms with van der Waals surface area (Å²) in [4.78, 5) is 0. The van der Waals surface area contributed by atoms with Gasteiger partial charge in [-0.3, -0.25) is 0 Å². The summed E-state index contributed by atoms with van der Waals surface area (Å²) in [6, 6.07) is 8.16. The molecule has 0 bridgehead atoms. The van der Waals surface area contributed by atoms with Crippen LogP contribution in [0.25, 0.3) is 0 Å². The van der Waals surface area contributed by atoms with E-state index in [0.29, 0.717) is 6.61 Å². The van der Waals surface area contributed by atoms with E-state index in [4.69, 9.17) is 10.00 Å². The third-order valence-electron chi connectivity index (χ3n) is 2.01. The van der Waals surface area contributed by atoms with Crippen LogP contribution in [0.2, 0.25) is 0 Å². The number of thioether (sulfide) groups is 1. The first-order valence-corrected chi connectivity index (χ1v) is 6.08. The summed E-state index contributed by atoms with van der Waals surface area (Å²) in [7, 11) is 0. The zero-order chi connectivity index (χ0) is 10.9. The molecule has 0 N–H and O–H groups in total. The molecular formula is C12H15NOS. The summed E-state index contributed by atoms with van der Waals surface area (Å²) in [6.45, 7) is 2.69. The van der Waals surface area contributed by atoms with Crippen molar-refractivity contribution in [3.63, 3.8) is 0 Å². The summed E-state index contributed by atoms with van der Waals surface area (Å²) >= 11 is 1.32. The smallest absolute Gasteiger partial charge is 0.133 e. The molecule has 0 amide bonds. The van der Waals surface area contributed by atoms with E-state index < -0.39 is 0 Å². The summed E-state index contributed by atoms with van der Waals surface area (Å²) in [5.41, 5.74) is 1.30. The van der Waals surface area contributed by atoms with Crippen LogP contribution in [-0.2, 0) is 6.42 Å². The van der Waals surface area contributed by atoms with Gasteiger partial charge in [0.05, 0.1) is 6.61 Å². The Morgan fingerprint density at radius 1 is 1.33 bits per heavy atom. The summed E-state index contributed by atoms with van der Waals surface area (Å²) in [5.74, 6) is 1.83. The van der Waals surface area contributed by atoms with Crippen LogP contribution in [0.15, 0.2) is 24.3 Å². The molecule has 0 radical (unpaired) electrons. The number of nitrogens with zero attached hydrogens (tertiary/aromatic N) is 1. The van der Waals surface area contributed by atoms with Crippen LogP contribution in [0.1, 0.15) is 18.9 Å². The lowest BCUT2D eigenvalue weighted by Gasteiger charge is -2.04. The van der Waals surface area contributed by atoms with E-state index in [0.717, 1.165) is 24.3 Å². The largest absolute Gasteiger partial charge is 0.494 e. The summed E-state index contributed by atoms with van der Waals surface area (Å²) in [6.07, 6.45) is 2.08. The van der Waals surface area contributed by atoms with Gasteiger partial charge >= 0.3 is 0 Å². The van der Waals surface area contributed by atoms with Crippen molar-refractivity contribution in [3.05, 3.63) is 29.8 Å². The molecule has 0 aliphatic rings. The topological polar surface area (TPSA) is 33.0 Å². The van der Waals surface area contributed by atoms with E-state index in [1.54, 1.807) is 0 Å². The first-order chi connectivity index (χ1) is 7.36. The fourth-order valence-corrected chi connectivity index (χ4v) is 1.69. The fourth-order valence-electron chi connectivity index (χ4n) is 1.31. The highest BCUT2D eigenvalue weighted by Crippen LogP contribution is 2.14. The number of nitriles is 1. The molecule has 1 aromatic carbocycles. The van der Waals surface area contributed by atoms with E-state index >= 15 is 0 Å². The first kappa shape index (κ1) is 11.9. The number of ether oxygens (including phenoxy) is 1. The summed E-state index contributed by atoms with van der Waals surface area (Å²) in [5, 5.41) is 10.4. The molecule has 0 aliphatic carbocycles. The SMILES string of the molecule is CCOc1ccc(CCCSC#N)cc1. The Kier molecular flexibility index (Phi) is 5.72. The lowest BCUT2D eigenvalue weighted by molar-refractivity contribution is 0.340. The van der Waals surface area contributed by atoms with Crippen molar-refractivity contribution in [2.24, 2.45) is 0 Å². The fraction of sp³-hybridized carbons (Fsp3) is 0.417. The van der Waals surface area contributed by atoms with Gasteiger partial charge in [0.1, 0.15) is 11.2 Å². The molecule has 3 heteroatoms. The van der Waals surface area contributed by atoms with Gasteiger partial charge in [-0.15, -0.1) is 0 Å². The van der Waals surface area contributed by atoms with Crippen molar-refractivity contribution in [3.8, 4) is 11.2 Å². The van der Waals surface area contributed by atoms with E-state index in [1.165, 1.54) is 17.3 Å². The van der Waals surface area contributed by atoms with Crippen LogP contribution in [-0.4, -0.2) is 12.4 Å². The second-order valence-electron chi connectivity index (χ2n) is 3.12. The normalized spacial score (nSPS) is 9.60. The minimum Gasteiger partial charge on any atom is -0.494 e. The van der Waals surface area contributed by atoms with Crippen molar-refractivity contribution in [1.29, 1.82) is 5.26 Å². The molecule has 0 atom stereocenters. The van der Waals surface area contributed by atoms with E-state index in [9.17, 15) is 0 Å². The van der Waals surface area contributed by atoms with Crippen LogP contribution in [0, 0.1) is 10.7 Å². The van der Waals surface area contributed by atoms with Crippen molar-refractivity contribution < 1.29 is 4.74 Å². The van der Waals surface area contributed by atoms with Gasteiger partial charge in [0.15, 0.2) is 0 Å². The standard InChI is InChI=1S/C12H15NOS/c1-2-14-12-7-5-11(6-8-12)4-3-9-15-10-13/h5-8H,2-4,9H2,1H3. The van der Waals surface area contributed by atoms with Crippen LogP contribution in [0.5, 0.6) is 5.75 Å². The lowest BCUT2D eigenvalue weighted by Crippen LogP contribution is -1.92. The second-order valence-corrected chi connectivity index (χ2v) is 4.00. The van der Waals surface area contributed by atoms with Gasteiger partial charge in [-0.25, -0.2) is 0 Å². The lowest BCUT2D eigenvalue weighted by atomic mass is 10.1. The predicted molar refractivity (Wildman–Crippen MR) is 64.0 cm³/mol. The zero-order valence-corrected chi connectivity index (χ0v) is 9.72. The van der Waals surface area contributed by atoms with Crippen LogP contribution in [0.4, 0.5) is 0 Å². The van der Waals surface area contributed by atoms with Crippen molar-refractivity contribution in [1.82, 2.24) is 0 Å². The third-order valence-corrected chi connectivity index (χ3v) is 2.63. The molecular weight excluding hydrogens is 206 g/mol. The molecule has 0 saturated carbocycles. The highest BCUT2D eigenvalue weighted by atomic mass is 32.2. The Hall–Kier alpha value is -1.14. The molecule has 0 spiro atoms. The average Bonchev–Trinajstić information content (AvgIpc) is 2.27. The highest BCUT2D eigenvalue weighted by molar-refractivity contribution is 8.03. The van der Waals surface area contributed by atoms with Gasteiger partial charge in [-0.05, 0) is 49.2 Å². The molecule has 0 unspecified atom stereocenters. The van der Waals surface area contributed by atoms with Gasteiger partial charge in [0, 0.05) is 5.75 Å². The minimum absolute atomic E-state index is 0.707. The number of hydrogen-bond acceptors (Lipinski definition) is 3. The van der Waals surface area contributed by atoms with Gasteiger partial charge in [-0.2, -0.15) is 5.26 Å². The molecule has 80 valence electrons. The summed E-state index contributed by atoms with van der Waals surface area (Å²) < 4.78 is 5.36. The average molecular weight is 221 g/mol. The van der Waals surface area contributed by atoms with Crippen molar-refractivity contribution >= 4 is 11.8 Å². The zero-order valence-electron chi connectivity index (χ0n) is 8.90. The minimum atomic E-state index is 0.707. The first-order valence-electron chi connectivity index (χ1n) is 5.09. The maximum atomic E-state index is 8.36. The Balaban J connectivity index is 2.33. The van der Waals surface area contributed by atoms with Gasteiger partial charge < -0.3 is 4.74 Å². The Bertz CT molecular complexity index is 315. The number of benzene rings is 1. The maximum Gasteiger partial charge on any atom is 0.133 e. The molecule has 1 aromatic rings. The van der Waals surface area contributed by atoms with Gasteiger partial charge in [0.2, 0.25) is 0 Å². The Labute approximate surface area is 95.3 Å². The molecule has 0 heterocycles. The molecule has 1 rings (SSSR count). The Morgan fingerprint density at radius 2 is 2.07 bits per heavy atom. The second kappa shape index (κ2) is 7.19. The molecule has 0 saturated heterocycles. The maximum absolute atomic E-state index is 8.36. The number of rotatable bonds is 6. The number of thiocyanates is 1.